The average Bonchev–Trinajstić information content (AvgIpc) is 2.94. The molecule has 0 aliphatic heterocycles. The van der Waals surface area contributed by atoms with Crippen molar-refractivity contribution in [2.75, 3.05) is 6.61 Å². The Bertz CT molecular complexity index is 326. The van der Waals surface area contributed by atoms with E-state index in [0.29, 0.717) is 5.41 Å². The molecule has 2 aliphatic rings. The first-order valence-corrected chi connectivity index (χ1v) is 6.53. The lowest BCUT2D eigenvalue weighted by molar-refractivity contribution is 0.308. The Morgan fingerprint density at radius 3 is 2.94 bits per heavy atom. The zero-order valence-corrected chi connectivity index (χ0v) is 10.8. The standard InChI is InChI=1S/C15H24O/c1-11(10-16)5-4-6-13(3)15-8-7-12(2)14(15)9-15/h5,7,13-14,16H,4,6,8-10H2,1-3H3/b11-5+/t13-,14+,15+/m0/s1. The van der Waals surface area contributed by atoms with Gasteiger partial charge in [0.25, 0.3) is 0 Å². The summed E-state index contributed by atoms with van der Waals surface area (Å²) in [7, 11) is 0. The Morgan fingerprint density at radius 2 is 2.44 bits per heavy atom. The molecule has 2 aliphatic carbocycles. The van der Waals surface area contributed by atoms with Crippen LogP contribution in [-0.2, 0) is 0 Å². The van der Waals surface area contributed by atoms with E-state index >= 15 is 0 Å². The third-order valence-electron chi connectivity index (χ3n) is 4.80. The third kappa shape index (κ3) is 1.98. The monoisotopic (exact) mass is 220 g/mol. The fraction of sp³-hybridized carbons (Fsp3) is 0.733. The second-order valence-electron chi connectivity index (χ2n) is 5.83. The molecule has 0 aromatic carbocycles. The number of rotatable bonds is 5. The van der Waals surface area contributed by atoms with Gasteiger partial charge in [-0.1, -0.05) is 30.2 Å². The minimum absolute atomic E-state index is 0.211. The Morgan fingerprint density at radius 1 is 1.69 bits per heavy atom. The van der Waals surface area contributed by atoms with Crippen molar-refractivity contribution in [3.63, 3.8) is 0 Å². The van der Waals surface area contributed by atoms with E-state index in [1.165, 1.54) is 19.3 Å². The average molecular weight is 220 g/mol. The van der Waals surface area contributed by atoms with Crippen molar-refractivity contribution in [3.05, 3.63) is 23.3 Å². The van der Waals surface area contributed by atoms with Gasteiger partial charge >= 0.3 is 0 Å². The van der Waals surface area contributed by atoms with Crippen LogP contribution in [0.5, 0.6) is 0 Å². The molecular formula is C15H24O. The van der Waals surface area contributed by atoms with Gasteiger partial charge in [0.2, 0.25) is 0 Å². The fourth-order valence-corrected chi connectivity index (χ4v) is 3.33. The number of allylic oxidation sites excluding steroid dienone is 3. The molecule has 0 heterocycles. The van der Waals surface area contributed by atoms with E-state index < -0.39 is 0 Å². The highest BCUT2D eigenvalue weighted by Crippen LogP contribution is 2.67. The first kappa shape index (κ1) is 11.9. The highest BCUT2D eigenvalue weighted by Gasteiger charge is 2.59. The predicted octanol–water partition coefficient (Wildman–Crippen LogP) is 3.70. The summed E-state index contributed by atoms with van der Waals surface area (Å²) in [5.74, 6) is 1.74. The van der Waals surface area contributed by atoms with Gasteiger partial charge in [0.05, 0.1) is 6.61 Å². The van der Waals surface area contributed by atoms with Crippen LogP contribution in [-0.4, -0.2) is 11.7 Å². The second kappa shape index (κ2) is 4.37. The largest absolute Gasteiger partial charge is 0.392 e. The van der Waals surface area contributed by atoms with Crippen molar-refractivity contribution in [1.29, 1.82) is 0 Å². The van der Waals surface area contributed by atoms with E-state index in [-0.39, 0.29) is 6.61 Å². The maximum Gasteiger partial charge on any atom is 0.0639 e. The van der Waals surface area contributed by atoms with Gasteiger partial charge in [-0.05, 0) is 56.8 Å². The van der Waals surface area contributed by atoms with E-state index in [4.69, 9.17) is 5.11 Å². The molecule has 0 amide bonds. The predicted molar refractivity (Wildman–Crippen MR) is 68.2 cm³/mol. The van der Waals surface area contributed by atoms with E-state index in [9.17, 15) is 0 Å². The molecule has 90 valence electrons. The van der Waals surface area contributed by atoms with Gasteiger partial charge in [0.1, 0.15) is 0 Å². The smallest absolute Gasteiger partial charge is 0.0639 e. The summed E-state index contributed by atoms with van der Waals surface area (Å²) in [6.07, 6.45) is 9.78. The normalized spacial score (nSPS) is 34.6. The van der Waals surface area contributed by atoms with Gasteiger partial charge in [0, 0.05) is 0 Å². The van der Waals surface area contributed by atoms with Gasteiger partial charge in [-0.15, -0.1) is 0 Å². The van der Waals surface area contributed by atoms with Gasteiger partial charge in [0.15, 0.2) is 0 Å². The number of aliphatic hydroxyl groups is 1. The van der Waals surface area contributed by atoms with Crippen LogP contribution >= 0.6 is 0 Å². The summed E-state index contributed by atoms with van der Waals surface area (Å²) >= 11 is 0. The number of aliphatic hydroxyl groups excluding tert-OH is 1. The summed E-state index contributed by atoms with van der Waals surface area (Å²) in [4.78, 5) is 0. The first-order valence-electron chi connectivity index (χ1n) is 6.53. The molecule has 0 radical (unpaired) electrons. The van der Waals surface area contributed by atoms with Gasteiger partial charge in [-0.2, -0.15) is 0 Å². The van der Waals surface area contributed by atoms with Gasteiger partial charge in [-0.25, -0.2) is 0 Å². The Kier molecular flexibility index (Phi) is 3.25. The van der Waals surface area contributed by atoms with Crippen molar-refractivity contribution in [3.8, 4) is 0 Å². The summed E-state index contributed by atoms with van der Waals surface area (Å²) in [5, 5.41) is 8.93. The van der Waals surface area contributed by atoms with Crippen LogP contribution in [0.1, 0.15) is 46.5 Å². The molecule has 16 heavy (non-hydrogen) atoms. The molecule has 1 saturated carbocycles. The summed E-state index contributed by atoms with van der Waals surface area (Å²) < 4.78 is 0. The lowest BCUT2D eigenvalue weighted by Gasteiger charge is -2.20. The minimum atomic E-state index is 0.211. The van der Waals surface area contributed by atoms with E-state index in [0.717, 1.165) is 23.8 Å². The molecule has 1 nitrogen and oxygen atoms in total. The van der Waals surface area contributed by atoms with Crippen molar-refractivity contribution >= 4 is 0 Å². The molecule has 0 spiro atoms. The molecule has 0 aromatic heterocycles. The van der Waals surface area contributed by atoms with Crippen molar-refractivity contribution in [2.24, 2.45) is 17.3 Å². The first-order chi connectivity index (χ1) is 7.60. The van der Waals surface area contributed by atoms with E-state index in [1.807, 2.05) is 6.92 Å². The van der Waals surface area contributed by atoms with Crippen LogP contribution in [0.4, 0.5) is 0 Å². The van der Waals surface area contributed by atoms with Crippen molar-refractivity contribution in [2.45, 2.75) is 46.5 Å². The summed E-state index contributed by atoms with van der Waals surface area (Å²) in [6.45, 7) is 6.92. The second-order valence-corrected chi connectivity index (χ2v) is 5.83. The summed E-state index contributed by atoms with van der Waals surface area (Å²) in [6, 6.07) is 0. The Balaban J connectivity index is 1.81. The molecule has 1 fully saturated rings. The minimum Gasteiger partial charge on any atom is -0.392 e. The molecule has 0 aromatic rings. The topological polar surface area (TPSA) is 20.2 Å². The number of hydrogen-bond acceptors (Lipinski definition) is 1. The van der Waals surface area contributed by atoms with Gasteiger partial charge in [-0.3, -0.25) is 0 Å². The molecule has 1 heteroatoms. The molecule has 0 unspecified atom stereocenters. The van der Waals surface area contributed by atoms with Crippen LogP contribution in [0.25, 0.3) is 0 Å². The highest BCUT2D eigenvalue weighted by molar-refractivity contribution is 5.29. The molecule has 1 N–H and O–H groups in total. The van der Waals surface area contributed by atoms with E-state index in [1.54, 1.807) is 5.57 Å². The highest BCUT2D eigenvalue weighted by atomic mass is 16.3. The van der Waals surface area contributed by atoms with Crippen LogP contribution in [0.2, 0.25) is 0 Å². The zero-order chi connectivity index (χ0) is 11.8. The maximum absolute atomic E-state index is 8.93. The van der Waals surface area contributed by atoms with Crippen molar-refractivity contribution < 1.29 is 5.11 Å². The number of fused-ring (bicyclic) bond motifs is 1. The molecule has 3 atom stereocenters. The zero-order valence-electron chi connectivity index (χ0n) is 10.8. The maximum atomic E-state index is 8.93. The van der Waals surface area contributed by atoms with Crippen LogP contribution in [0, 0.1) is 17.3 Å². The third-order valence-corrected chi connectivity index (χ3v) is 4.80. The number of hydrogen-bond donors (Lipinski definition) is 1. The lowest BCUT2D eigenvalue weighted by atomic mass is 9.84. The fourth-order valence-electron chi connectivity index (χ4n) is 3.33. The molecule has 0 saturated heterocycles. The van der Waals surface area contributed by atoms with Crippen LogP contribution in [0.15, 0.2) is 23.3 Å². The summed E-state index contributed by atoms with van der Waals surface area (Å²) in [5.41, 5.74) is 3.39. The molecule has 2 rings (SSSR count). The Hall–Kier alpha value is -0.560. The van der Waals surface area contributed by atoms with Crippen molar-refractivity contribution in [1.82, 2.24) is 0 Å². The molecular weight excluding hydrogens is 196 g/mol. The lowest BCUT2D eigenvalue weighted by Crippen LogP contribution is -2.12. The van der Waals surface area contributed by atoms with Gasteiger partial charge < -0.3 is 5.11 Å². The quantitative estimate of drug-likeness (QED) is 0.700. The van der Waals surface area contributed by atoms with E-state index in [2.05, 4.69) is 26.0 Å². The molecule has 0 bridgehead atoms. The SMILES string of the molecule is CC1=CC[C@]2([C@@H](C)CC/C=C(\C)CO)C[C@H]12. The Labute approximate surface area is 99.3 Å². The van der Waals surface area contributed by atoms with Crippen LogP contribution < -0.4 is 0 Å². The van der Waals surface area contributed by atoms with Crippen LogP contribution in [0.3, 0.4) is 0 Å².